The summed E-state index contributed by atoms with van der Waals surface area (Å²) in [6.45, 7) is 9.03. The lowest BCUT2D eigenvalue weighted by Crippen LogP contribution is -2.38. The molecule has 0 saturated heterocycles. The van der Waals surface area contributed by atoms with E-state index < -0.39 is 23.7 Å². The summed E-state index contributed by atoms with van der Waals surface area (Å²) in [6, 6.07) is 2.73. The minimum Gasteiger partial charge on any atom is -0.490 e. The van der Waals surface area contributed by atoms with Crippen molar-refractivity contribution in [2.24, 2.45) is 0 Å². The molecular weight excluding hydrogens is 477 g/mol. The van der Waals surface area contributed by atoms with Gasteiger partial charge in [0.2, 0.25) is 5.91 Å². The third-order valence-electron chi connectivity index (χ3n) is 8.24. The van der Waals surface area contributed by atoms with E-state index in [0.717, 1.165) is 22.1 Å². The molecule has 0 fully saturated rings. The number of nitrogens with one attached hydrogen (secondary N) is 1. The molecule has 3 aromatic rings. The van der Waals surface area contributed by atoms with Crippen molar-refractivity contribution >= 4 is 16.8 Å². The number of carbonyl (C=O) groups excluding carboxylic acids is 1. The van der Waals surface area contributed by atoms with E-state index in [1.54, 1.807) is 24.5 Å². The van der Waals surface area contributed by atoms with Gasteiger partial charge in [-0.05, 0) is 55.9 Å². The number of rotatable bonds is 3. The Morgan fingerprint density at radius 2 is 2.14 bits per heavy atom. The Bertz CT molecular complexity index is 1610. The minimum atomic E-state index is -1.51. The van der Waals surface area contributed by atoms with Crippen LogP contribution in [0.4, 0.5) is 4.39 Å². The maximum absolute atomic E-state index is 14.9. The number of benzene rings is 1. The first-order chi connectivity index (χ1) is 17.6. The molecule has 37 heavy (non-hydrogen) atoms. The maximum atomic E-state index is 14.9. The van der Waals surface area contributed by atoms with Crippen molar-refractivity contribution in [3.8, 4) is 11.4 Å². The first-order valence-electron chi connectivity index (χ1n) is 12.5. The topological polar surface area (TPSA) is 114 Å². The smallest absolute Gasteiger partial charge is 0.258 e. The summed E-state index contributed by atoms with van der Waals surface area (Å²) < 4.78 is 22.1. The van der Waals surface area contributed by atoms with Crippen LogP contribution in [-0.4, -0.2) is 31.8 Å². The average Bonchev–Trinajstić information content (AvgIpc) is 3.24. The molecule has 1 aliphatic carbocycles. The van der Waals surface area contributed by atoms with Crippen molar-refractivity contribution in [3.63, 3.8) is 0 Å². The van der Waals surface area contributed by atoms with Crippen LogP contribution >= 0.6 is 0 Å². The van der Waals surface area contributed by atoms with E-state index in [2.05, 4.69) is 11.9 Å². The fraction of sp³-hybridized carbons (Fsp3) is 0.393. The number of nitrogens with zero attached hydrogens (tertiary/aromatic N) is 2. The predicted molar refractivity (Wildman–Crippen MR) is 134 cm³/mol. The van der Waals surface area contributed by atoms with E-state index in [-0.39, 0.29) is 36.7 Å². The molecule has 192 valence electrons. The van der Waals surface area contributed by atoms with Crippen LogP contribution in [0.3, 0.4) is 0 Å². The lowest BCUT2D eigenvalue weighted by molar-refractivity contribution is -0.129. The number of pyridine rings is 2. The van der Waals surface area contributed by atoms with E-state index in [1.807, 2.05) is 0 Å². The molecule has 1 amide bonds. The molecule has 0 unspecified atom stereocenters. The summed E-state index contributed by atoms with van der Waals surface area (Å²) >= 11 is 0. The molecule has 0 spiro atoms. The van der Waals surface area contributed by atoms with Gasteiger partial charge in [-0.25, -0.2) is 9.37 Å². The van der Waals surface area contributed by atoms with Gasteiger partial charge in [0, 0.05) is 22.6 Å². The summed E-state index contributed by atoms with van der Waals surface area (Å²) in [6.07, 6.45) is 0.147. The Hall–Kier alpha value is -3.56. The largest absolute Gasteiger partial charge is 0.490 e. The van der Waals surface area contributed by atoms with E-state index in [1.165, 1.54) is 13.0 Å². The Labute approximate surface area is 212 Å². The van der Waals surface area contributed by atoms with Crippen LogP contribution < -0.4 is 10.9 Å². The summed E-state index contributed by atoms with van der Waals surface area (Å²) in [7, 11) is 0. The van der Waals surface area contributed by atoms with Gasteiger partial charge >= 0.3 is 0 Å². The molecule has 0 radical (unpaired) electrons. The van der Waals surface area contributed by atoms with Crippen molar-refractivity contribution in [1.29, 1.82) is 0 Å². The zero-order chi connectivity index (χ0) is 26.4. The molecule has 3 N–H and O–H groups in total. The van der Waals surface area contributed by atoms with Crippen LogP contribution in [0.15, 0.2) is 29.3 Å². The second-order valence-electron chi connectivity index (χ2n) is 10.2. The molecule has 9 heteroatoms. The van der Waals surface area contributed by atoms with Crippen molar-refractivity contribution in [3.05, 3.63) is 74.0 Å². The van der Waals surface area contributed by atoms with Gasteiger partial charge < -0.3 is 24.8 Å². The molecule has 4 heterocycles. The van der Waals surface area contributed by atoms with Crippen LogP contribution in [0.25, 0.3) is 22.3 Å². The summed E-state index contributed by atoms with van der Waals surface area (Å²) in [5.74, 6) is -0.672. The van der Waals surface area contributed by atoms with Crippen molar-refractivity contribution in [2.75, 3.05) is 0 Å². The minimum absolute atomic E-state index is 0.00974. The molecule has 2 aromatic heterocycles. The van der Waals surface area contributed by atoms with E-state index in [4.69, 9.17) is 9.72 Å². The second-order valence-corrected chi connectivity index (χ2v) is 10.2. The van der Waals surface area contributed by atoms with Gasteiger partial charge in [-0.1, -0.05) is 13.5 Å². The second kappa shape index (κ2) is 7.97. The molecule has 0 bridgehead atoms. The fourth-order valence-corrected chi connectivity index (χ4v) is 6.11. The highest BCUT2D eigenvalue weighted by atomic mass is 19.1. The molecule has 2 aliphatic heterocycles. The zero-order valence-electron chi connectivity index (χ0n) is 20.9. The zero-order valence-corrected chi connectivity index (χ0v) is 20.9. The highest BCUT2D eigenvalue weighted by molar-refractivity contribution is 5.93. The first-order valence-corrected chi connectivity index (χ1v) is 12.5. The number of aryl methyl sites for hydroxylation is 1. The van der Waals surface area contributed by atoms with Gasteiger partial charge in [0.1, 0.15) is 29.9 Å². The number of ether oxygens (including phenoxy) is 1. The molecule has 3 atom stereocenters. The third kappa shape index (κ3) is 3.17. The third-order valence-corrected chi connectivity index (χ3v) is 8.24. The van der Waals surface area contributed by atoms with Crippen LogP contribution in [0.1, 0.15) is 66.1 Å². The van der Waals surface area contributed by atoms with Crippen LogP contribution in [-0.2, 0) is 34.7 Å². The lowest BCUT2D eigenvalue weighted by atomic mass is 9.81. The van der Waals surface area contributed by atoms with Crippen molar-refractivity contribution in [2.45, 2.75) is 70.9 Å². The quantitative estimate of drug-likeness (QED) is 0.395. The number of halogens is 1. The Morgan fingerprint density at radius 1 is 1.38 bits per heavy atom. The normalized spacial score (nSPS) is 22.2. The standard InChI is InChI=1S/C28H28FN3O5/c1-5-28(36)14(4)37-11-17-18(28)8-22-25-16(10-32(22)27(17)35)24-20(31-26(34)13(3)33)7-6-15-12(2)19(29)9-21(30-25)23(15)24/h8-9,13,20,33,36H,4-7,10-11H2,1-3H3,(H,31,34)/t13-,20+,28-/m1/s1. The molecule has 0 saturated carbocycles. The number of aliphatic hydroxyl groups excluding tert-OH is 1. The lowest BCUT2D eigenvalue weighted by Gasteiger charge is -2.35. The summed E-state index contributed by atoms with van der Waals surface area (Å²) in [5.41, 5.74) is 3.45. The Balaban J connectivity index is 1.65. The predicted octanol–water partition coefficient (Wildman–Crippen LogP) is 3.00. The van der Waals surface area contributed by atoms with Crippen molar-refractivity contribution < 1.29 is 24.1 Å². The van der Waals surface area contributed by atoms with E-state index in [9.17, 15) is 24.2 Å². The van der Waals surface area contributed by atoms with Gasteiger partial charge in [-0.3, -0.25) is 9.59 Å². The van der Waals surface area contributed by atoms with Gasteiger partial charge in [-0.2, -0.15) is 0 Å². The van der Waals surface area contributed by atoms with E-state index >= 15 is 0 Å². The molecule has 3 aliphatic rings. The number of aliphatic hydroxyl groups is 2. The van der Waals surface area contributed by atoms with Gasteiger partial charge in [0.05, 0.1) is 35.1 Å². The SMILES string of the molecule is C=C1OCc2c(cc3n(c2=O)Cc2c-3nc3cc(F)c(C)c4c3c2[C@@H](NC(=O)[C@@H](C)O)CC4)[C@@]1(O)CC. The number of aromatic nitrogens is 2. The number of carbonyl (C=O) groups is 1. The van der Waals surface area contributed by atoms with Gasteiger partial charge in [0.25, 0.3) is 5.56 Å². The van der Waals surface area contributed by atoms with Crippen LogP contribution in [0.5, 0.6) is 0 Å². The van der Waals surface area contributed by atoms with Crippen molar-refractivity contribution in [1.82, 2.24) is 14.9 Å². The number of hydrogen-bond acceptors (Lipinski definition) is 6. The molecule has 6 rings (SSSR count). The fourth-order valence-electron chi connectivity index (χ4n) is 6.11. The Morgan fingerprint density at radius 3 is 2.84 bits per heavy atom. The molecule has 1 aromatic carbocycles. The Kier molecular flexibility index (Phi) is 5.13. The van der Waals surface area contributed by atoms with Crippen LogP contribution in [0, 0.1) is 12.7 Å². The average molecular weight is 506 g/mol. The number of amides is 1. The highest BCUT2D eigenvalue weighted by Crippen LogP contribution is 2.46. The molecular formula is C28H28FN3O5. The van der Waals surface area contributed by atoms with E-state index in [0.29, 0.717) is 46.4 Å². The number of hydrogen-bond donors (Lipinski definition) is 3. The summed E-state index contributed by atoms with van der Waals surface area (Å²) in [5, 5.41) is 24.9. The highest BCUT2D eigenvalue weighted by Gasteiger charge is 2.42. The summed E-state index contributed by atoms with van der Waals surface area (Å²) in [4.78, 5) is 31.0. The maximum Gasteiger partial charge on any atom is 0.258 e. The van der Waals surface area contributed by atoms with Crippen LogP contribution in [0.2, 0.25) is 0 Å². The number of fused-ring (bicyclic) bond motifs is 5. The van der Waals surface area contributed by atoms with Gasteiger partial charge in [-0.15, -0.1) is 0 Å². The first kappa shape index (κ1) is 23.8. The monoisotopic (exact) mass is 505 g/mol. The molecule has 8 nitrogen and oxygen atoms in total. The van der Waals surface area contributed by atoms with Gasteiger partial charge in [0.15, 0.2) is 0 Å².